The minimum Gasteiger partial charge on any atom is -0.493 e. The predicted molar refractivity (Wildman–Crippen MR) is 194 cm³/mol. The molecule has 0 saturated carbocycles. The summed E-state index contributed by atoms with van der Waals surface area (Å²) in [5, 5.41) is 2.23. The lowest BCUT2D eigenvalue weighted by Crippen LogP contribution is -2.36. The Hall–Kier alpha value is -4.44. The quantitative estimate of drug-likeness (QED) is 0.0676. The molecule has 2 N–H and O–H groups in total. The van der Waals surface area contributed by atoms with Gasteiger partial charge in [-0.25, -0.2) is 19.9 Å². The van der Waals surface area contributed by atoms with Gasteiger partial charge in [-0.1, -0.05) is 23.2 Å². The van der Waals surface area contributed by atoms with Crippen LogP contribution in [0.25, 0.3) is 21.8 Å². The van der Waals surface area contributed by atoms with Crippen LogP contribution in [-0.4, -0.2) is 99.2 Å². The molecule has 2 aliphatic heterocycles. The lowest BCUT2D eigenvalue weighted by molar-refractivity contribution is -0.130. The summed E-state index contributed by atoms with van der Waals surface area (Å²) in [6, 6.07) is 12.2. The van der Waals surface area contributed by atoms with E-state index in [9.17, 15) is 0 Å². The summed E-state index contributed by atoms with van der Waals surface area (Å²) in [7, 11) is 3.17. The molecule has 276 valence electrons. The average molecular weight is 757 g/mol. The summed E-state index contributed by atoms with van der Waals surface area (Å²) in [5.41, 5.74) is 7.62. The van der Waals surface area contributed by atoms with Crippen LogP contribution in [0, 0.1) is 0 Å². The van der Waals surface area contributed by atoms with E-state index in [0.717, 1.165) is 23.7 Å². The molecular formula is C36H39Cl2N5O9. The zero-order valence-corrected chi connectivity index (χ0v) is 30.2. The van der Waals surface area contributed by atoms with E-state index in [-0.39, 0.29) is 12.2 Å². The van der Waals surface area contributed by atoms with Gasteiger partial charge >= 0.3 is 0 Å². The molecule has 0 unspecified atom stereocenters. The number of fused-ring (bicyclic) bond motifs is 2. The summed E-state index contributed by atoms with van der Waals surface area (Å²) >= 11 is 12.1. The molecule has 3 aromatic carbocycles. The number of methoxy groups -OCH3 is 2. The van der Waals surface area contributed by atoms with Crippen molar-refractivity contribution in [1.82, 2.24) is 19.9 Å². The standard InChI is InChI=1S/C21H22ClN3O5.C15H17ClN2O4/c1-26-19-8-15-18(9-20(19)29-6-2-5-28-14-10-27-11-14)24-12-25-21(15)30-13-3-4-17(23)16(22)7-13;1-19-13-5-11-12(17-9-18-15(11)16)6-14(13)22-4-2-3-21-10-7-20-8-10/h3-4,7-9,12,14H,2,5-6,10-11,23H2,1H3;5-6,9-10H,2-4,7-8H2,1H3. The molecule has 4 heterocycles. The van der Waals surface area contributed by atoms with Crippen LogP contribution in [0.1, 0.15) is 12.8 Å². The van der Waals surface area contributed by atoms with Crippen molar-refractivity contribution >= 4 is 50.7 Å². The largest absolute Gasteiger partial charge is 0.493 e. The Kier molecular flexibility index (Phi) is 13.2. The third-order valence-corrected chi connectivity index (χ3v) is 8.59. The van der Waals surface area contributed by atoms with E-state index < -0.39 is 0 Å². The van der Waals surface area contributed by atoms with Crippen LogP contribution in [-0.2, 0) is 18.9 Å². The zero-order chi connectivity index (χ0) is 36.3. The van der Waals surface area contributed by atoms with Crippen molar-refractivity contribution in [3.63, 3.8) is 0 Å². The van der Waals surface area contributed by atoms with Crippen LogP contribution < -0.4 is 29.4 Å². The van der Waals surface area contributed by atoms with E-state index in [1.54, 1.807) is 50.6 Å². The number of anilines is 1. The molecule has 16 heteroatoms. The first-order valence-electron chi connectivity index (χ1n) is 16.6. The maximum atomic E-state index is 6.08. The third-order valence-electron chi connectivity index (χ3n) is 7.96. The molecule has 0 spiro atoms. The molecule has 52 heavy (non-hydrogen) atoms. The number of rotatable bonds is 16. The van der Waals surface area contributed by atoms with Gasteiger partial charge in [0.05, 0.1) is 94.2 Å². The number of benzene rings is 3. The van der Waals surface area contributed by atoms with E-state index >= 15 is 0 Å². The fraction of sp³-hybridized carbons (Fsp3) is 0.389. The second kappa shape index (κ2) is 18.4. The van der Waals surface area contributed by atoms with E-state index in [1.807, 2.05) is 6.07 Å². The topological polar surface area (TPSA) is 161 Å². The van der Waals surface area contributed by atoms with Crippen molar-refractivity contribution in [1.29, 1.82) is 0 Å². The summed E-state index contributed by atoms with van der Waals surface area (Å²) in [4.78, 5) is 16.7. The third kappa shape index (κ3) is 9.70. The number of nitrogens with zero attached hydrogens (tertiary/aromatic N) is 4. The number of ether oxygens (including phenoxy) is 9. The number of aromatic nitrogens is 4. The highest BCUT2D eigenvalue weighted by atomic mass is 35.5. The first kappa shape index (κ1) is 37.3. The Morgan fingerprint density at radius 3 is 1.77 bits per heavy atom. The number of nitrogens with two attached hydrogens (primary N) is 1. The highest BCUT2D eigenvalue weighted by Gasteiger charge is 2.19. The van der Waals surface area contributed by atoms with E-state index in [2.05, 4.69) is 19.9 Å². The maximum Gasteiger partial charge on any atom is 0.230 e. The van der Waals surface area contributed by atoms with Crippen molar-refractivity contribution in [3.8, 4) is 34.6 Å². The maximum absolute atomic E-state index is 6.08. The van der Waals surface area contributed by atoms with Crippen molar-refractivity contribution in [2.24, 2.45) is 0 Å². The second-order valence-electron chi connectivity index (χ2n) is 11.6. The van der Waals surface area contributed by atoms with Gasteiger partial charge in [0.2, 0.25) is 5.88 Å². The highest BCUT2D eigenvalue weighted by molar-refractivity contribution is 6.34. The van der Waals surface area contributed by atoms with Gasteiger partial charge in [-0.05, 0) is 24.3 Å². The van der Waals surface area contributed by atoms with Gasteiger partial charge in [0.25, 0.3) is 0 Å². The fourth-order valence-electron chi connectivity index (χ4n) is 4.98. The van der Waals surface area contributed by atoms with Crippen LogP contribution in [0.3, 0.4) is 0 Å². The smallest absolute Gasteiger partial charge is 0.230 e. The fourth-order valence-corrected chi connectivity index (χ4v) is 5.35. The van der Waals surface area contributed by atoms with Crippen molar-refractivity contribution in [2.45, 2.75) is 25.0 Å². The molecule has 5 aromatic rings. The van der Waals surface area contributed by atoms with Crippen LogP contribution in [0.15, 0.2) is 55.1 Å². The summed E-state index contributed by atoms with van der Waals surface area (Å²) in [5.74, 6) is 3.30. The monoisotopic (exact) mass is 755 g/mol. The first-order valence-corrected chi connectivity index (χ1v) is 17.4. The van der Waals surface area contributed by atoms with Gasteiger partial charge in [0.1, 0.15) is 35.8 Å². The Morgan fingerprint density at radius 1 is 0.673 bits per heavy atom. The predicted octanol–water partition coefficient (Wildman–Crippen LogP) is 6.33. The van der Waals surface area contributed by atoms with Gasteiger partial charge in [-0.15, -0.1) is 0 Å². The molecule has 14 nitrogen and oxygen atoms in total. The van der Waals surface area contributed by atoms with Crippen molar-refractivity contribution < 1.29 is 42.6 Å². The molecule has 7 rings (SSSR count). The lowest BCUT2D eigenvalue weighted by atomic mass is 10.2. The second-order valence-corrected chi connectivity index (χ2v) is 12.4. The van der Waals surface area contributed by atoms with E-state index in [0.29, 0.717) is 114 Å². The summed E-state index contributed by atoms with van der Waals surface area (Å²) in [6.07, 6.45) is 4.87. The Morgan fingerprint density at radius 2 is 1.23 bits per heavy atom. The Labute approximate surface area is 310 Å². The van der Waals surface area contributed by atoms with Crippen LogP contribution in [0.2, 0.25) is 10.2 Å². The van der Waals surface area contributed by atoms with Gasteiger partial charge in [0, 0.05) is 36.4 Å². The van der Waals surface area contributed by atoms with E-state index in [4.69, 9.17) is 71.6 Å². The number of hydrogen-bond acceptors (Lipinski definition) is 14. The highest BCUT2D eigenvalue weighted by Crippen LogP contribution is 2.37. The average Bonchev–Trinajstić information content (AvgIpc) is 3.11. The summed E-state index contributed by atoms with van der Waals surface area (Å²) < 4.78 is 49.8. The lowest BCUT2D eigenvalue weighted by Gasteiger charge is -2.25. The van der Waals surface area contributed by atoms with Crippen LogP contribution in [0.5, 0.6) is 34.6 Å². The van der Waals surface area contributed by atoms with Crippen molar-refractivity contribution in [2.75, 3.05) is 72.8 Å². The van der Waals surface area contributed by atoms with Gasteiger partial charge < -0.3 is 48.4 Å². The minimum absolute atomic E-state index is 0.214. The Balaban J connectivity index is 0.000000187. The number of hydrogen-bond donors (Lipinski definition) is 1. The SMILES string of the molecule is COc1cc2c(Cl)ncnc2cc1OCCCOC1COC1.COc1cc2c(Oc3ccc(N)c(Cl)c3)ncnc2cc1OCCCOC1COC1. The molecule has 0 bridgehead atoms. The molecule has 0 amide bonds. The molecule has 2 aromatic heterocycles. The minimum atomic E-state index is 0.214. The molecule has 2 saturated heterocycles. The molecule has 0 radical (unpaired) electrons. The Bertz CT molecular complexity index is 1950. The zero-order valence-electron chi connectivity index (χ0n) is 28.7. The molecule has 2 fully saturated rings. The molecule has 0 aliphatic carbocycles. The normalized spacial score (nSPS) is 14.2. The van der Waals surface area contributed by atoms with Gasteiger partial charge in [0.15, 0.2) is 23.0 Å². The van der Waals surface area contributed by atoms with Gasteiger partial charge in [-0.2, -0.15) is 0 Å². The van der Waals surface area contributed by atoms with Crippen LogP contribution >= 0.6 is 23.2 Å². The number of halogens is 2. The first-order chi connectivity index (χ1) is 25.4. The molecule has 2 aliphatic rings. The number of nitrogen functional groups attached to an aromatic ring is 1. The molecule has 0 atom stereocenters. The van der Waals surface area contributed by atoms with Crippen molar-refractivity contribution in [3.05, 3.63) is 65.3 Å². The summed E-state index contributed by atoms with van der Waals surface area (Å²) in [6.45, 7) is 5.03. The van der Waals surface area contributed by atoms with Crippen LogP contribution in [0.4, 0.5) is 5.69 Å². The van der Waals surface area contributed by atoms with E-state index in [1.165, 1.54) is 12.7 Å². The molecular weight excluding hydrogens is 717 g/mol. The van der Waals surface area contributed by atoms with Gasteiger partial charge in [-0.3, -0.25) is 0 Å².